The second-order valence-electron chi connectivity index (χ2n) is 4.82. The second-order valence-corrected chi connectivity index (χ2v) is 6.59. The Balaban J connectivity index is 2.22. The molecule has 0 spiro atoms. The number of hydrogen-bond acceptors (Lipinski definition) is 4. The molecule has 20 heavy (non-hydrogen) atoms. The van der Waals surface area contributed by atoms with E-state index in [-0.39, 0.29) is 23.1 Å². The van der Waals surface area contributed by atoms with E-state index >= 15 is 0 Å². The van der Waals surface area contributed by atoms with E-state index in [9.17, 15) is 13.2 Å². The lowest BCUT2D eigenvalue weighted by molar-refractivity contribution is 0.0698. The molecule has 6 nitrogen and oxygen atoms in total. The fourth-order valence-corrected chi connectivity index (χ4v) is 3.62. The number of aromatic carboxylic acids is 1. The van der Waals surface area contributed by atoms with Crippen molar-refractivity contribution >= 4 is 21.7 Å². The third-order valence-corrected chi connectivity index (χ3v) is 4.52. The minimum Gasteiger partial charge on any atom is -0.478 e. The number of hydrogen-bond donors (Lipinski definition) is 2. The predicted octanol–water partition coefficient (Wildman–Crippen LogP) is 1.61. The molecular formula is C13H17NO5S. The quantitative estimate of drug-likeness (QED) is 0.861. The summed E-state index contributed by atoms with van der Waals surface area (Å²) in [5.41, 5.74) is 0.639. The fourth-order valence-electron chi connectivity index (χ4n) is 2.20. The van der Waals surface area contributed by atoms with Crippen LogP contribution in [0.5, 0.6) is 0 Å². The first kappa shape index (κ1) is 14.8. The van der Waals surface area contributed by atoms with Crippen LogP contribution in [0.1, 0.15) is 28.8 Å². The lowest BCUT2D eigenvalue weighted by Crippen LogP contribution is -2.26. The van der Waals surface area contributed by atoms with Crippen molar-refractivity contribution in [3.05, 3.63) is 29.3 Å². The number of benzene rings is 1. The van der Waals surface area contributed by atoms with Crippen molar-refractivity contribution in [1.29, 1.82) is 0 Å². The maximum absolute atomic E-state index is 12.1. The summed E-state index contributed by atoms with van der Waals surface area (Å²) in [7, 11) is -3.63. The molecule has 1 unspecified atom stereocenters. The Hall–Kier alpha value is -1.60. The molecule has 1 saturated heterocycles. The van der Waals surface area contributed by atoms with Crippen molar-refractivity contribution in [2.75, 3.05) is 17.1 Å². The van der Waals surface area contributed by atoms with Gasteiger partial charge in [-0.05, 0) is 31.4 Å². The van der Waals surface area contributed by atoms with E-state index in [4.69, 9.17) is 9.84 Å². The fraction of sp³-hybridized carbons (Fsp3) is 0.462. The lowest BCUT2D eigenvalue weighted by atomic mass is 10.1. The molecule has 0 aromatic heterocycles. The Bertz CT molecular complexity index is 605. The van der Waals surface area contributed by atoms with E-state index in [2.05, 4.69) is 4.72 Å². The van der Waals surface area contributed by atoms with Gasteiger partial charge in [0.05, 0.1) is 23.1 Å². The average molecular weight is 299 g/mol. The van der Waals surface area contributed by atoms with Gasteiger partial charge in [-0.3, -0.25) is 4.72 Å². The predicted molar refractivity (Wildman–Crippen MR) is 74.5 cm³/mol. The molecule has 1 fully saturated rings. The second kappa shape index (κ2) is 5.80. The molecule has 1 aliphatic rings. The normalized spacial score (nSPS) is 18.9. The highest BCUT2D eigenvalue weighted by Gasteiger charge is 2.25. The van der Waals surface area contributed by atoms with Gasteiger partial charge in [0.25, 0.3) is 0 Å². The van der Waals surface area contributed by atoms with Crippen LogP contribution in [0, 0.1) is 6.92 Å². The summed E-state index contributed by atoms with van der Waals surface area (Å²) in [5.74, 6) is -1.32. The standard InChI is InChI=1S/C13H17NO5S/c1-9-4-2-6-11(13(15)16)12(9)14-20(17,18)8-10-5-3-7-19-10/h2,4,6,10,14H,3,5,7-8H2,1H3,(H,15,16). The summed E-state index contributed by atoms with van der Waals surface area (Å²) in [4.78, 5) is 11.1. The zero-order valence-corrected chi connectivity index (χ0v) is 11.9. The van der Waals surface area contributed by atoms with Crippen molar-refractivity contribution in [3.63, 3.8) is 0 Å². The zero-order chi connectivity index (χ0) is 14.8. The Morgan fingerprint density at radius 2 is 2.25 bits per heavy atom. The number of anilines is 1. The van der Waals surface area contributed by atoms with Gasteiger partial charge in [-0.1, -0.05) is 12.1 Å². The van der Waals surface area contributed by atoms with Gasteiger partial charge in [-0.15, -0.1) is 0 Å². The van der Waals surface area contributed by atoms with Crippen molar-refractivity contribution in [2.45, 2.75) is 25.9 Å². The van der Waals surface area contributed by atoms with Crippen molar-refractivity contribution < 1.29 is 23.1 Å². The molecule has 110 valence electrons. The minimum absolute atomic E-state index is 0.0547. The Labute approximate surface area is 117 Å². The van der Waals surface area contributed by atoms with E-state index in [1.807, 2.05) is 0 Å². The maximum Gasteiger partial charge on any atom is 0.337 e. The smallest absolute Gasteiger partial charge is 0.337 e. The minimum atomic E-state index is -3.63. The van der Waals surface area contributed by atoms with E-state index < -0.39 is 16.0 Å². The van der Waals surface area contributed by atoms with E-state index in [1.165, 1.54) is 6.07 Å². The number of nitrogens with one attached hydrogen (secondary N) is 1. The Morgan fingerprint density at radius 3 is 2.85 bits per heavy atom. The molecule has 1 aliphatic heterocycles. The summed E-state index contributed by atoms with van der Waals surface area (Å²) < 4.78 is 31.9. The summed E-state index contributed by atoms with van der Waals surface area (Å²) in [6.45, 7) is 2.24. The summed E-state index contributed by atoms with van der Waals surface area (Å²) in [5, 5.41) is 9.11. The van der Waals surface area contributed by atoms with Gasteiger partial charge in [0.2, 0.25) is 10.0 Å². The molecule has 7 heteroatoms. The zero-order valence-electron chi connectivity index (χ0n) is 11.1. The van der Waals surface area contributed by atoms with Gasteiger partial charge in [-0.25, -0.2) is 13.2 Å². The molecule has 0 radical (unpaired) electrons. The van der Waals surface area contributed by atoms with E-state index in [0.717, 1.165) is 6.42 Å². The molecule has 1 aromatic rings. The molecule has 1 aromatic carbocycles. The number of aryl methyl sites for hydroxylation is 1. The first-order valence-corrected chi connectivity index (χ1v) is 7.99. The number of rotatable bonds is 5. The lowest BCUT2D eigenvalue weighted by Gasteiger charge is -2.15. The van der Waals surface area contributed by atoms with Crippen LogP contribution in [0.4, 0.5) is 5.69 Å². The molecular weight excluding hydrogens is 282 g/mol. The monoisotopic (exact) mass is 299 g/mol. The number of carbonyl (C=O) groups is 1. The number of sulfonamides is 1. The topological polar surface area (TPSA) is 92.7 Å². The molecule has 2 rings (SSSR count). The largest absolute Gasteiger partial charge is 0.478 e. The highest BCUT2D eigenvalue weighted by Crippen LogP contribution is 2.23. The van der Waals surface area contributed by atoms with E-state index in [1.54, 1.807) is 19.1 Å². The van der Waals surface area contributed by atoms with Crippen molar-refractivity contribution in [1.82, 2.24) is 0 Å². The van der Waals surface area contributed by atoms with Gasteiger partial charge < -0.3 is 9.84 Å². The molecule has 2 N–H and O–H groups in total. The Morgan fingerprint density at radius 1 is 1.50 bits per heavy atom. The average Bonchev–Trinajstić information content (AvgIpc) is 2.83. The maximum atomic E-state index is 12.1. The number of carboxylic acids is 1. The van der Waals surface area contributed by atoms with Crippen molar-refractivity contribution in [3.8, 4) is 0 Å². The van der Waals surface area contributed by atoms with Crippen LogP contribution in [0.25, 0.3) is 0 Å². The molecule has 1 heterocycles. The molecule has 0 amide bonds. The number of ether oxygens (including phenoxy) is 1. The summed E-state index contributed by atoms with van der Waals surface area (Å²) in [6, 6.07) is 4.62. The first-order chi connectivity index (χ1) is 9.39. The van der Waals surface area contributed by atoms with Gasteiger partial charge >= 0.3 is 5.97 Å². The van der Waals surface area contributed by atoms with E-state index in [0.29, 0.717) is 18.6 Å². The first-order valence-electron chi connectivity index (χ1n) is 6.34. The van der Waals surface area contributed by atoms with Crippen LogP contribution in [0.3, 0.4) is 0 Å². The highest BCUT2D eigenvalue weighted by atomic mass is 32.2. The molecule has 0 bridgehead atoms. The van der Waals surface area contributed by atoms with Crippen LogP contribution in [-0.4, -0.2) is 38.0 Å². The number of para-hydroxylation sites is 1. The van der Waals surface area contributed by atoms with Crippen LogP contribution >= 0.6 is 0 Å². The van der Waals surface area contributed by atoms with Crippen LogP contribution in [-0.2, 0) is 14.8 Å². The van der Waals surface area contributed by atoms with Crippen LogP contribution < -0.4 is 4.72 Å². The third-order valence-electron chi connectivity index (χ3n) is 3.19. The van der Waals surface area contributed by atoms with Gasteiger partial charge in [0, 0.05) is 6.61 Å². The van der Waals surface area contributed by atoms with Crippen LogP contribution in [0.15, 0.2) is 18.2 Å². The van der Waals surface area contributed by atoms with Gasteiger partial charge in [0.1, 0.15) is 0 Å². The molecule has 0 aliphatic carbocycles. The summed E-state index contributed by atoms with van der Waals surface area (Å²) in [6.07, 6.45) is 1.25. The van der Waals surface area contributed by atoms with Gasteiger partial charge in [0.15, 0.2) is 0 Å². The van der Waals surface area contributed by atoms with Crippen molar-refractivity contribution in [2.24, 2.45) is 0 Å². The van der Waals surface area contributed by atoms with Gasteiger partial charge in [-0.2, -0.15) is 0 Å². The summed E-state index contributed by atoms with van der Waals surface area (Å²) >= 11 is 0. The SMILES string of the molecule is Cc1cccc(C(=O)O)c1NS(=O)(=O)CC1CCCO1. The number of carboxylic acid groups (broad SMARTS) is 1. The third kappa shape index (κ3) is 3.49. The molecule has 1 atom stereocenters. The Kier molecular flexibility index (Phi) is 4.29. The molecule has 0 saturated carbocycles. The highest BCUT2D eigenvalue weighted by molar-refractivity contribution is 7.92. The van der Waals surface area contributed by atoms with Crippen LogP contribution in [0.2, 0.25) is 0 Å².